The fourth-order valence-corrected chi connectivity index (χ4v) is 3.40. The second-order valence-electron chi connectivity index (χ2n) is 5.04. The Morgan fingerprint density at radius 2 is 2.04 bits per heavy atom. The molecule has 1 aromatic carbocycles. The lowest BCUT2D eigenvalue weighted by Gasteiger charge is -2.12. The van der Waals surface area contributed by atoms with E-state index in [0.29, 0.717) is 12.4 Å². The molecular formula is C15H20BrN3O3S. The van der Waals surface area contributed by atoms with E-state index in [2.05, 4.69) is 30.6 Å². The molecule has 0 radical (unpaired) electrons. The van der Waals surface area contributed by atoms with Crippen LogP contribution in [0.25, 0.3) is 11.3 Å². The topological polar surface area (TPSA) is 84.1 Å². The van der Waals surface area contributed by atoms with Gasteiger partial charge in [0.1, 0.15) is 5.82 Å². The molecule has 0 unspecified atom stereocenters. The average molecular weight is 402 g/mol. The summed E-state index contributed by atoms with van der Waals surface area (Å²) in [4.78, 5) is 7.42. The zero-order valence-electron chi connectivity index (χ0n) is 13.0. The van der Waals surface area contributed by atoms with Crippen molar-refractivity contribution in [1.82, 2.24) is 14.7 Å². The summed E-state index contributed by atoms with van der Waals surface area (Å²) in [6.45, 7) is 4.26. The summed E-state index contributed by atoms with van der Waals surface area (Å²) in [6, 6.07) is 7.35. The highest BCUT2D eigenvalue weighted by atomic mass is 79.9. The van der Waals surface area contributed by atoms with Gasteiger partial charge in [-0.3, -0.25) is 0 Å². The highest BCUT2D eigenvalue weighted by Crippen LogP contribution is 2.21. The number of halogens is 1. The van der Waals surface area contributed by atoms with Crippen LogP contribution in [0.4, 0.5) is 0 Å². The maximum absolute atomic E-state index is 12.0. The van der Waals surface area contributed by atoms with E-state index in [9.17, 15) is 8.42 Å². The van der Waals surface area contributed by atoms with Crippen LogP contribution in [0.1, 0.15) is 25.7 Å². The monoisotopic (exact) mass is 401 g/mol. The smallest absolute Gasteiger partial charge is 0.214 e. The van der Waals surface area contributed by atoms with Crippen molar-refractivity contribution in [1.29, 1.82) is 0 Å². The van der Waals surface area contributed by atoms with Crippen molar-refractivity contribution in [3.63, 3.8) is 0 Å². The normalized spacial score (nSPS) is 13.2. The Labute approximate surface area is 144 Å². The molecule has 0 saturated heterocycles. The van der Waals surface area contributed by atoms with Crippen molar-refractivity contribution in [3.05, 3.63) is 40.8 Å². The molecule has 0 saturated carbocycles. The molecule has 0 spiro atoms. The van der Waals surface area contributed by atoms with Crippen LogP contribution in [0.5, 0.6) is 0 Å². The van der Waals surface area contributed by atoms with Gasteiger partial charge in [-0.25, -0.2) is 18.1 Å². The minimum Gasteiger partial charge on any atom is -0.381 e. The molecule has 23 heavy (non-hydrogen) atoms. The van der Waals surface area contributed by atoms with E-state index in [1.54, 1.807) is 13.1 Å². The first-order valence-electron chi connectivity index (χ1n) is 7.30. The Kier molecular flexibility index (Phi) is 6.34. The van der Waals surface area contributed by atoms with Crippen molar-refractivity contribution in [2.45, 2.75) is 19.9 Å². The molecule has 8 heteroatoms. The number of imidazole rings is 1. The third kappa shape index (κ3) is 5.42. The van der Waals surface area contributed by atoms with E-state index in [0.717, 1.165) is 15.7 Å². The summed E-state index contributed by atoms with van der Waals surface area (Å²) < 4.78 is 32.6. The van der Waals surface area contributed by atoms with E-state index in [-0.39, 0.29) is 12.4 Å². The van der Waals surface area contributed by atoms with Gasteiger partial charge in [0.15, 0.2) is 0 Å². The average Bonchev–Trinajstić information content (AvgIpc) is 2.97. The molecule has 0 aliphatic carbocycles. The van der Waals surface area contributed by atoms with Crippen LogP contribution >= 0.6 is 15.9 Å². The number of H-pyrrole nitrogens is 1. The van der Waals surface area contributed by atoms with Gasteiger partial charge in [-0.2, -0.15) is 0 Å². The van der Waals surface area contributed by atoms with Gasteiger partial charge in [0, 0.05) is 11.1 Å². The Morgan fingerprint density at radius 1 is 1.35 bits per heavy atom. The van der Waals surface area contributed by atoms with Gasteiger partial charge in [-0.05, 0) is 31.5 Å². The lowest BCUT2D eigenvalue weighted by atomic mass is 10.2. The molecule has 2 N–H and O–H groups in total. The number of aromatic nitrogens is 2. The number of aromatic amines is 1. The molecule has 126 valence electrons. The van der Waals surface area contributed by atoms with Gasteiger partial charge in [-0.15, -0.1) is 0 Å². The lowest BCUT2D eigenvalue weighted by molar-refractivity contribution is 0.163. The largest absolute Gasteiger partial charge is 0.381 e. The van der Waals surface area contributed by atoms with Crippen molar-refractivity contribution in [3.8, 4) is 11.3 Å². The molecule has 0 aliphatic heterocycles. The van der Waals surface area contributed by atoms with E-state index in [1.165, 1.54) is 0 Å². The minimum absolute atomic E-state index is 0.0640. The number of rotatable bonds is 8. The molecule has 0 fully saturated rings. The Balaban J connectivity index is 2.03. The van der Waals surface area contributed by atoms with Crippen LogP contribution in [0.3, 0.4) is 0 Å². The Morgan fingerprint density at radius 3 is 2.70 bits per heavy atom. The summed E-state index contributed by atoms with van der Waals surface area (Å²) >= 11 is 3.39. The van der Waals surface area contributed by atoms with Gasteiger partial charge < -0.3 is 9.72 Å². The first-order valence-corrected chi connectivity index (χ1v) is 9.74. The van der Waals surface area contributed by atoms with Gasteiger partial charge >= 0.3 is 0 Å². The summed E-state index contributed by atoms with van der Waals surface area (Å²) in [5, 5.41) is 0. The van der Waals surface area contributed by atoms with Crippen molar-refractivity contribution < 1.29 is 13.2 Å². The quantitative estimate of drug-likeness (QED) is 0.665. The number of sulfonamides is 1. The van der Waals surface area contributed by atoms with E-state index in [4.69, 9.17) is 4.74 Å². The summed E-state index contributed by atoms with van der Waals surface area (Å²) in [6.07, 6.45) is 1.70. The predicted octanol–water partition coefficient (Wildman–Crippen LogP) is 2.86. The summed E-state index contributed by atoms with van der Waals surface area (Å²) in [5.41, 5.74) is 1.83. The first kappa shape index (κ1) is 18.1. The van der Waals surface area contributed by atoms with Crippen molar-refractivity contribution >= 4 is 26.0 Å². The van der Waals surface area contributed by atoms with Gasteiger partial charge in [0.2, 0.25) is 10.0 Å². The molecule has 0 bridgehead atoms. The molecule has 1 aromatic heterocycles. The number of nitrogens with one attached hydrogen (secondary N) is 2. The molecule has 6 nitrogen and oxygen atoms in total. The third-order valence-corrected chi connectivity index (χ3v) is 5.16. The predicted molar refractivity (Wildman–Crippen MR) is 93.6 cm³/mol. The second-order valence-corrected chi connectivity index (χ2v) is 7.83. The standard InChI is InChI=1S/C15H20BrN3O3S/c1-3-22-8-9-23(20,21)19-11(2)15-17-10-14(18-15)12-4-6-13(16)7-5-12/h4-7,10-11,19H,3,8-9H2,1-2H3,(H,17,18)/t11-/m0/s1. The van der Waals surface area contributed by atoms with Crippen LogP contribution in [0.15, 0.2) is 34.9 Å². The molecule has 2 aromatic rings. The molecule has 1 heterocycles. The number of ether oxygens (including phenoxy) is 1. The number of benzene rings is 1. The van der Waals surface area contributed by atoms with Gasteiger partial charge in [0.25, 0.3) is 0 Å². The molecule has 0 amide bonds. The highest BCUT2D eigenvalue weighted by Gasteiger charge is 2.18. The lowest BCUT2D eigenvalue weighted by Crippen LogP contribution is -2.31. The number of nitrogens with zero attached hydrogens (tertiary/aromatic N) is 1. The van der Waals surface area contributed by atoms with Crippen molar-refractivity contribution in [2.75, 3.05) is 19.0 Å². The first-order chi connectivity index (χ1) is 10.9. The zero-order valence-corrected chi connectivity index (χ0v) is 15.4. The zero-order chi connectivity index (χ0) is 16.9. The number of hydrogen-bond donors (Lipinski definition) is 2. The van der Waals surface area contributed by atoms with Crippen LogP contribution in [-0.4, -0.2) is 37.4 Å². The van der Waals surface area contributed by atoms with Crippen LogP contribution < -0.4 is 4.72 Å². The Bertz CT molecular complexity index is 729. The fourth-order valence-electron chi connectivity index (χ4n) is 2.03. The molecule has 0 aliphatic rings. The minimum atomic E-state index is -3.40. The molecule has 1 atom stereocenters. The maximum Gasteiger partial charge on any atom is 0.214 e. The molecular weight excluding hydrogens is 382 g/mol. The Hall–Kier alpha value is -1.22. The highest BCUT2D eigenvalue weighted by molar-refractivity contribution is 9.10. The van der Waals surface area contributed by atoms with Crippen LogP contribution in [0, 0.1) is 0 Å². The number of hydrogen-bond acceptors (Lipinski definition) is 4. The molecule has 2 rings (SSSR count). The van der Waals surface area contributed by atoms with Crippen molar-refractivity contribution in [2.24, 2.45) is 0 Å². The second kappa shape index (κ2) is 8.05. The summed E-state index contributed by atoms with van der Waals surface area (Å²) in [5.74, 6) is 0.508. The van der Waals surface area contributed by atoms with Crippen LogP contribution in [-0.2, 0) is 14.8 Å². The fraction of sp³-hybridized carbons (Fsp3) is 0.400. The maximum atomic E-state index is 12.0. The van der Waals surface area contributed by atoms with Gasteiger partial charge in [-0.1, -0.05) is 28.1 Å². The van der Waals surface area contributed by atoms with E-state index >= 15 is 0 Å². The van der Waals surface area contributed by atoms with Crippen LogP contribution in [0.2, 0.25) is 0 Å². The van der Waals surface area contributed by atoms with Gasteiger partial charge in [0.05, 0.1) is 30.3 Å². The summed E-state index contributed by atoms with van der Waals surface area (Å²) in [7, 11) is -3.40. The SMILES string of the molecule is CCOCCS(=O)(=O)N[C@@H](C)c1ncc(-c2ccc(Br)cc2)[nH]1. The third-order valence-electron chi connectivity index (χ3n) is 3.22. The van der Waals surface area contributed by atoms with E-state index in [1.807, 2.05) is 31.2 Å². The van der Waals surface area contributed by atoms with E-state index < -0.39 is 16.1 Å².